The molecule has 0 aliphatic rings. The van der Waals surface area contributed by atoms with Crippen LogP contribution in [0.2, 0.25) is 0 Å². The number of esters is 1. The van der Waals surface area contributed by atoms with Crippen LogP contribution in [0.15, 0.2) is 48.5 Å². The van der Waals surface area contributed by atoms with E-state index < -0.39 is 0 Å². The van der Waals surface area contributed by atoms with E-state index in [1.807, 2.05) is 31.2 Å². The highest BCUT2D eigenvalue weighted by atomic mass is 16.5. The molecule has 0 unspecified atom stereocenters. The van der Waals surface area contributed by atoms with Crippen molar-refractivity contribution in [1.29, 1.82) is 0 Å². The Kier molecular flexibility index (Phi) is 5.59. The van der Waals surface area contributed by atoms with Gasteiger partial charge in [-0.15, -0.1) is 0 Å². The Bertz CT molecular complexity index is 598. The molecular formula is C19H22O3. The van der Waals surface area contributed by atoms with Crippen LogP contribution in [0.5, 0.6) is 11.5 Å². The van der Waals surface area contributed by atoms with Gasteiger partial charge in [0.2, 0.25) is 0 Å². The van der Waals surface area contributed by atoms with Crippen LogP contribution in [0, 0.1) is 5.92 Å². The number of carbonyl (C=O) groups is 1. The van der Waals surface area contributed by atoms with Gasteiger partial charge in [-0.25, -0.2) is 4.79 Å². The van der Waals surface area contributed by atoms with E-state index in [-0.39, 0.29) is 5.97 Å². The van der Waals surface area contributed by atoms with Gasteiger partial charge in [-0.1, -0.05) is 26.0 Å². The molecule has 0 N–H and O–H groups in total. The van der Waals surface area contributed by atoms with E-state index in [0.717, 1.165) is 12.2 Å². The first-order chi connectivity index (χ1) is 10.6. The summed E-state index contributed by atoms with van der Waals surface area (Å²) in [5, 5.41) is 0. The van der Waals surface area contributed by atoms with Gasteiger partial charge in [0, 0.05) is 0 Å². The number of carbonyl (C=O) groups excluding carboxylic acids is 1. The molecule has 0 aliphatic carbocycles. The highest BCUT2D eigenvalue weighted by molar-refractivity contribution is 5.91. The van der Waals surface area contributed by atoms with E-state index in [4.69, 9.17) is 9.47 Å². The molecule has 0 saturated carbocycles. The van der Waals surface area contributed by atoms with Crippen molar-refractivity contribution in [3.8, 4) is 11.5 Å². The minimum atomic E-state index is -0.361. The monoisotopic (exact) mass is 298 g/mol. The van der Waals surface area contributed by atoms with Crippen molar-refractivity contribution in [3.63, 3.8) is 0 Å². The summed E-state index contributed by atoms with van der Waals surface area (Å²) in [6.07, 6.45) is 1.02. The number of ether oxygens (including phenoxy) is 2. The summed E-state index contributed by atoms with van der Waals surface area (Å²) < 4.78 is 10.7. The summed E-state index contributed by atoms with van der Waals surface area (Å²) in [6, 6.07) is 14.6. The number of rotatable bonds is 6. The first kappa shape index (κ1) is 16.1. The third-order valence-electron chi connectivity index (χ3n) is 3.18. The van der Waals surface area contributed by atoms with Gasteiger partial charge in [0.15, 0.2) is 0 Å². The SMILES string of the molecule is CCOc1ccc(C(=O)Oc2ccc(CC(C)C)cc2)cc1. The standard InChI is InChI=1S/C19H22O3/c1-4-21-17-11-7-16(8-12-17)19(20)22-18-9-5-15(6-10-18)13-14(2)3/h5-12,14H,4,13H2,1-3H3. The van der Waals surface area contributed by atoms with Gasteiger partial charge in [-0.3, -0.25) is 0 Å². The molecule has 22 heavy (non-hydrogen) atoms. The second-order valence-corrected chi connectivity index (χ2v) is 5.59. The molecule has 0 bridgehead atoms. The molecule has 2 rings (SSSR count). The topological polar surface area (TPSA) is 35.5 Å². The molecule has 3 heteroatoms. The fraction of sp³-hybridized carbons (Fsp3) is 0.316. The largest absolute Gasteiger partial charge is 0.494 e. The first-order valence-corrected chi connectivity index (χ1v) is 7.62. The number of hydrogen-bond donors (Lipinski definition) is 0. The molecule has 2 aromatic carbocycles. The maximum absolute atomic E-state index is 12.1. The summed E-state index contributed by atoms with van der Waals surface area (Å²) in [4.78, 5) is 12.1. The average molecular weight is 298 g/mol. The Hall–Kier alpha value is -2.29. The Balaban J connectivity index is 1.99. The molecule has 0 spiro atoms. The van der Waals surface area contributed by atoms with Crippen molar-refractivity contribution in [2.45, 2.75) is 27.2 Å². The lowest BCUT2D eigenvalue weighted by Gasteiger charge is -2.08. The fourth-order valence-electron chi connectivity index (χ4n) is 2.18. The second kappa shape index (κ2) is 7.64. The van der Waals surface area contributed by atoms with Crippen LogP contribution in [0.1, 0.15) is 36.7 Å². The lowest BCUT2D eigenvalue weighted by atomic mass is 10.0. The summed E-state index contributed by atoms with van der Waals surface area (Å²) in [6.45, 7) is 6.89. The molecule has 0 aromatic heterocycles. The summed E-state index contributed by atoms with van der Waals surface area (Å²) in [5.41, 5.74) is 1.76. The third kappa shape index (κ3) is 4.62. The maximum Gasteiger partial charge on any atom is 0.343 e. The van der Waals surface area contributed by atoms with Crippen LogP contribution in [0.4, 0.5) is 0 Å². The van der Waals surface area contributed by atoms with Crippen molar-refractivity contribution < 1.29 is 14.3 Å². The van der Waals surface area contributed by atoms with Crippen LogP contribution in [0.3, 0.4) is 0 Å². The molecule has 0 radical (unpaired) electrons. The maximum atomic E-state index is 12.1. The van der Waals surface area contributed by atoms with E-state index in [1.165, 1.54) is 5.56 Å². The van der Waals surface area contributed by atoms with E-state index >= 15 is 0 Å². The normalized spacial score (nSPS) is 10.5. The van der Waals surface area contributed by atoms with E-state index in [2.05, 4.69) is 13.8 Å². The first-order valence-electron chi connectivity index (χ1n) is 7.62. The Morgan fingerprint density at radius 3 is 2.09 bits per heavy atom. The van der Waals surface area contributed by atoms with Gasteiger partial charge in [0.1, 0.15) is 11.5 Å². The molecule has 0 fully saturated rings. The zero-order chi connectivity index (χ0) is 15.9. The highest BCUT2D eigenvalue weighted by Gasteiger charge is 2.09. The van der Waals surface area contributed by atoms with Crippen molar-refractivity contribution in [1.82, 2.24) is 0 Å². The van der Waals surface area contributed by atoms with Crippen molar-refractivity contribution >= 4 is 5.97 Å². The molecule has 0 amide bonds. The minimum absolute atomic E-state index is 0.361. The lowest BCUT2D eigenvalue weighted by molar-refractivity contribution is 0.0734. The predicted molar refractivity (Wildman–Crippen MR) is 87.6 cm³/mol. The Labute approximate surface area is 131 Å². The highest BCUT2D eigenvalue weighted by Crippen LogP contribution is 2.18. The smallest absolute Gasteiger partial charge is 0.343 e. The zero-order valence-electron chi connectivity index (χ0n) is 13.3. The lowest BCUT2D eigenvalue weighted by Crippen LogP contribution is -2.08. The van der Waals surface area contributed by atoms with Gasteiger partial charge in [0.25, 0.3) is 0 Å². The van der Waals surface area contributed by atoms with Crippen LogP contribution >= 0.6 is 0 Å². The van der Waals surface area contributed by atoms with E-state index in [9.17, 15) is 4.79 Å². The minimum Gasteiger partial charge on any atom is -0.494 e. The quantitative estimate of drug-likeness (QED) is 0.581. The van der Waals surface area contributed by atoms with Crippen molar-refractivity contribution in [2.75, 3.05) is 6.61 Å². The zero-order valence-corrected chi connectivity index (χ0v) is 13.3. The molecule has 0 aliphatic heterocycles. The van der Waals surface area contributed by atoms with Gasteiger partial charge >= 0.3 is 5.97 Å². The molecule has 0 heterocycles. The second-order valence-electron chi connectivity index (χ2n) is 5.59. The average Bonchev–Trinajstić information content (AvgIpc) is 2.50. The molecule has 3 nitrogen and oxygen atoms in total. The number of benzene rings is 2. The van der Waals surface area contributed by atoms with E-state index in [0.29, 0.717) is 23.8 Å². The summed E-state index contributed by atoms with van der Waals surface area (Å²) >= 11 is 0. The van der Waals surface area contributed by atoms with Gasteiger partial charge in [-0.05, 0) is 61.2 Å². The van der Waals surface area contributed by atoms with Crippen molar-refractivity contribution in [3.05, 3.63) is 59.7 Å². The Morgan fingerprint density at radius 1 is 0.955 bits per heavy atom. The summed E-state index contributed by atoms with van der Waals surface area (Å²) in [7, 11) is 0. The molecular weight excluding hydrogens is 276 g/mol. The number of hydrogen-bond acceptors (Lipinski definition) is 3. The van der Waals surface area contributed by atoms with Crippen LogP contribution < -0.4 is 9.47 Å². The molecule has 0 saturated heterocycles. The van der Waals surface area contributed by atoms with Crippen LogP contribution in [-0.2, 0) is 6.42 Å². The molecule has 0 atom stereocenters. The van der Waals surface area contributed by atoms with Gasteiger partial charge < -0.3 is 9.47 Å². The predicted octanol–water partition coefficient (Wildman–Crippen LogP) is 4.50. The molecule has 2 aromatic rings. The third-order valence-corrected chi connectivity index (χ3v) is 3.18. The van der Waals surface area contributed by atoms with Crippen LogP contribution in [0.25, 0.3) is 0 Å². The molecule has 116 valence electrons. The Morgan fingerprint density at radius 2 is 1.55 bits per heavy atom. The van der Waals surface area contributed by atoms with Crippen molar-refractivity contribution in [2.24, 2.45) is 5.92 Å². The van der Waals surface area contributed by atoms with E-state index in [1.54, 1.807) is 24.3 Å². The fourth-order valence-corrected chi connectivity index (χ4v) is 2.18. The van der Waals surface area contributed by atoms with Crippen LogP contribution in [-0.4, -0.2) is 12.6 Å². The van der Waals surface area contributed by atoms with Gasteiger partial charge in [-0.2, -0.15) is 0 Å². The van der Waals surface area contributed by atoms with Gasteiger partial charge in [0.05, 0.1) is 12.2 Å². The summed E-state index contributed by atoms with van der Waals surface area (Å²) in [5.74, 6) is 1.56.